The van der Waals surface area contributed by atoms with Gasteiger partial charge in [0.15, 0.2) is 0 Å². The third-order valence-electron chi connectivity index (χ3n) is 2.17. The Morgan fingerprint density at radius 1 is 1.00 bits per heavy atom. The van der Waals surface area contributed by atoms with Crippen molar-refractivity contribution in [1.29, 1.82) is 0 Å². The van der Waals surface area contributed by atoms with Crippen molar-refractivity contribution in [3.05, 3.63) is 0 Å². The first-order chi connectivity index (χ1) is 6.62. The van der Waals surface area contributed by atoms with Crippen molar-refractivity contribution in [3.63, 3.8) is 0 Å². The van der Waals surface area contributed by atoms with Crippen molar-refractivity contribution < 1.29 is 10.2 Å². The molecule has 88 valence electrons. The van der Waals surface area contributed by atoms with Crippen LogP contribution in [-0.4, -0.2) is 23.4 Å². The molecule has 0 saturated carbocycles. The molecule has 2 nitrogen and oxygen atoms in total. The van der Waals surface area contributed by atoms with Crippen LogP contribution in [0.3, 0.4) is 0 Å². The largest absolute Gasteiger partial charge is 0.396 e. The molecule has 0 aliphatic carbocycles. The van der Waals surface area contributed by atoms with Crippen molar-refractivity contribution in [1.82, 2.24) is 0 Å². The maximum absolute atomic E-state index is 8.75. The quantitative estimate of drug-likeness (QED) is 0.698. The summed E-state index contributed by atoms with van der Waals surface area (Å²) in [4.78, 5) is 0. The van der Waals surface area contributed by atoms with Gasteiger partial charge in [-0.1, -0.05) is 47.0 Å². The topological polar surface area (TPSA) is 40.5 Å². The predicted octanol–water partition coefficient (Wildman–Crippen LogP) is 2.83. The molecule has 1 unspecified atom stereocenters. The Morgan fingerprint density at radius 2 is 1.50 bits per heavy atom. The monoisotopic (exact) mass is 204 g/mol. The Hall–Kier alpha value is -0.0800. The molecule has 0 radical (unpaired) electrons. The van der Waals surface area contributed by atoms with Crippen LogP contribution in [0.25, 0.3) is 0 Å². The van der Waals surface area contributed by atoms with Crippen LogP contribution >= 0.6 is 0 Å². The minimum absolute atomic E-state index is 0.306. The number of rotatable bonds is 6. The van der Waals surface area contributed by atoms with Crippen LogP contribution in [0.5, 0.6) is 0 Å². The first kappa shape index (κ1) is 16.4. The molecule has 0 aliphatic rings. The first-order valence-corrected chi connectivity index (χ1v) is 5.83. The van der Waals surface area contributed by atoms with Crippen LogP contribution in [0, 0.1) is 11.8 Å². The zero-order chi connectivity index (χ0) is 11.4. The summed E-state index contributed by atoms with van der Waals surface area (Å²) in [5.74, 6) is 1.000. The summed E-state index contributed by atoms with van der Waals surface area (Å²) in [6, 6.07) is 0. The van der Waals surface area contributed by atoms with Crippen LogP contribution in [0.2, 0.25) is 0 Å². The number of aliphatic hydroxyl groups is 2. The van der Waals surface area contributed by atoms with E-state index in [9.17, 15) is 0 Å². The number of hydrogen-bond acceptors (Lipinski definition) is 2. The molecule has 0 aliphatic heterocycles. The maximum atomic E-state index is 8.75. The molecule has 2 N–H and O–H groups in total. The van der Waals surface area contributed by atoms with Crippen LogP contribution in [0.1, 0.15) is 53.4 Å². The molecule has 0 aromatic heterocycles. The standard InChI is InChI=1S/C8H18O.C4H10O/c1-3-5-6-8(4-2)7-9;1-4(2)3-5/h8-9H,3-7H2,1-2H3;4-5H,3H2,1-2H3. The lowest BCUT2D eigenvalue weighted by Gasteiger charge is -2.08. The molecule has 0 aromatic rings. The van der Waals surface area contributed by atoms with Crippen LogP contribution in [0.4, 0.5) is 0 Å². The van der Waals surface area contributed by atoms with E-state index >= 15 is 0 Å². The Labute approximate surface area is 89.3 Å². The van der Waals surface area contributed by atoms with Crippen LogP contribution in [0.15, 0.2) is 0 Å². The van der Waals surface area contributed by atoms with Crippen molar-refractivity contribution in [3.8, 4) is 0 Å². The fraction of sp³-hybridized carbons (Fsp3) is 1.00. The van der Waals surface area contributed by atoms with E-state index in [1.807, 2.05) is 13.8 Å². The third kappa shape index (κ3) is 14.4. The molecular formula is C12H28O2. The summed E-state index contributed by atoms with van der Waals surface area (Å²) >= 11 is 0. The lowest BCUT2D eigenvalue weighted by atomic mass is 10.0. The Morgan fingerprint density at radius 3 is 1.71 bits per heavy atom. The van der Waals surface area contributed by atoms with Gasteiger partial charge in [-0.15, -0.1) is 0 Å². The molecule has 14 heavy (non-hydrogen) atoms. The molecule has 0 saturated heterocycles. The van der Waals surface area contributed by atoms with Gasteiger partial charge < -0.3 is 10.2 Å². The lowest BCUT2D eigenvalue weighted by Crippen LogP contribution is -2.03. The Kier molecular flexibility index (Phi) is 15.1. The molecule has 0 heterocycles. The zero-order valence-electron chi connectivity index (χ0n) is 10.3. The van der Waals surface area contributed by atoms with Crippen molar-refractivity contribution >= 4 is 0 Å². The number of hydrogen-bond donors (Lipinski definition) is 2. The molecule has 0 rings (SSSR count). The fourth-order valence-corrected chi connectivity index (χ4v) is 0.917. The van der Waals surface area contributed by atoms with E-state index in [2.05, 4.69) is 13.8 Å². The van der Waals surface area contributed by atoms with Gasteiger partial charge in [-0.2, -0.15) is 0 Å². The van der Waals surface area contributed by atoms with Crippen LogP contribution < -0.4 is 0 Å². The van der Waals surface area contributed by atoms with Gasteiger partial charge in [0.25, 0.3) is 0 Å². The average Bonchev–Trinajstić information content (AvgIpc) is 2.20. The van der Waals surface area contributed by atoms with E-state index in [-0.39, 0.29) is 0 Å². The molecule has 0 fully saturated rings. The minimum Gasteiger partial charge on any atom is -0.396 e. The van der Waals surface area contributed by atoms with E-state index in [1.165, 1.54) is 19.3 Å². The van der Waals surface area contributed by atoms with Gasteiger partial charge in [-0.25, -0.2) is 0 Å². The van der Waals surface area contributed by atoms with Crippen molar-refractivity contribution in [2.24, 2.45) is 11.8 Å². The lowest BCUT2D eigenvalue weighted by molar-refractivity contribution is 0.212. The Balaban J connectivity index is 0. The second kappa shape index (κ2) is 12.9. The molecule has 0 spiro atoms. The fourth-order valence-electron chi connectivity index (χ4n) is 0.917. The molecule has 2 heteroatoms. The van der Waals surface area contributed by atoms with E-state index in [4.69, 9.17) is 10.2 Å². The van der Waals surface area contributed by atoms with Gasteiger partial charge in [-0.3, -0.25) is 0 Å². The van der Waals surface area contributed by atoms with Gasteiger partial charge in [0, 0.05) is 13.2 Å². The zero-order valence-corrected chi connectivity index (χ0v) is 10.3. The van der Waals surface area contributed by atoms with Gasteiger partial charge in [-0.05, 0) is 18.3 Å². The second-order valence-corrected chi connectivity index (χ2v) is 4.18. The van der Waals surface area contributed by atoms with E-state index < -0.39 is 0 Å². The Bertz CT molecular complexity index is 88.3. The number of aliphatic hydroxyl groups excluding tert-OH is 2. The molecular weight excluding hydrogens is 176 g/mol. The minimum atomic E-state index is 0.306. The highest BCUT2D eigenvalue weighted by Crippen LogP contribution is 2.10. The van der Waals surface area contributed by atoms with Gasteiger partial charge in [0.2, 0.25) is 0 Å². The van der Waals surface area contributed by atoms with E-state index in [0.29, 0.717) is 25.0 Å². The highest BCUT2D eigenvalue weighted by Gasteiger charge is 2.01. The predicted molar refractivity (Wildman–Crippen MR) is 62.3 cm³/mol. The molecule has 0 amide bonds. The average molecular weight is 204 g/mol. The van der Waals surface area contributed by atoms with Gasteiger partial charge >= 0.3 is 0 Å². The summed E-state index contributed by atoms with van der Waals surface area (Å²) in [6.07, 6.45) is 4.83. The number of unbranched alkanes of at least 4 members (excludes halogenated alkanes) is 1. The third-order valence-corrected chi connectivity index (χ3v) is 2.17. The summed E-state index contributed by atoms with van der Waals surface area (Å²) < 4.78 is 0. The summed E-state index contributed by atoms with van der Waals surface area (Å²) in [5.41, 5.74) is 0. The summed E-state index contributed by atoms with van der Waals surface area (Å²) in [6.45, 7) is 8.94. The smallest absolute Gasteiger partial charge is 0.0459 e. The van der Waals surface area contributed by atoms with Gasteiger partial charge in [0.1, 0.15) is 0 Å². The summed E-state index contributed by atoms with van der Waals surface area (Å²) in [7, 11) is 0. The van der Waals surface area contributed by atoms with Crippen molar-refractivity contribution in [2.45, 2.75) is 53.4 Å². The summed E-state index contributed by atoms with van der Waals surface area (Å²) in [5, 5.41) is 16.9. The maximum Gasteiger partial charge on any atom is 0.0459 e. The highest BCUT2D eigenvalue weighted by atomic mass is 16.3. The van der Waals surface area contributed by atoms with Crippen LogP contribution in [-0.2, 0) is 0 Å². The highest BCUT2D eigenvalue weighted by molar-refractivity contribution is 4.53. The van der Waals surface area contributed by atoms with E-state index in [0.717, 1.165) is 6.42 Å². The normalized spacial score (nSPS) is 12.2. The SMILES string of the molecule is CC(C)CO.CCCCC(CC)CO. The van der Waals surface area contributed by atoms with E-state index in [1.54, 1.807) is 0 Å². The van der Waals surface area contributed by atoms with Gasteiger partial charge in [0.05, 0.1) is 0 Å². The first-order valence-electron chi connectivity index (χ1n) is 5.83. The molecule has 0 bridgehead atoms. The van der Waals surface area contributed by atoms with Crippen molar-refractivity contribution in [2.75, 3.05) is 13.2 Å². The second-order valence-electron chi connectivity index (χ2n) is 4.18. The molecule has 0 aromatic carbocycles. The molecule has 1 atom stereocenters.